The third kappa shape index (κ3) is 3.02. The monoisotopic (exact) mass is 340 g/mol. The average Bonchev–Trinajstić information content (AvgIpc) is 2.66. The molecular formula is C20H24N2O3. The Morgan fingerprint density at radius 1 is 1.44 bits per heavy atom. The lowest BCUT2D eigenvalue weighted by Crippen LogP contribution is -2.58. The fourth-order valence-electron chi connectivity index (χ4n) is 4.35. The van der Waals surface area contributed by atoms with E-state index in [0.717, 1.165) is 48.9 Å². The zero-order chi connectivity index (χ0) is 17.3. The minimum atomic E-state index is -0.0701. The maximum absolute atomic E-state index is 13.1. The predicted octanol–water partition coefficient (Wildman–Crippen LogP) is 2.89. The number of piperidine rings is 1. The molecule has 1 aromatic heterocycles. The van der Waals surface area contributed by atoms with Crippen LogP contribution in [0.5, 0.6) is 0 Å². The van der Waals surface area contributed by atoms with Gasteiger partial charge in [0.1, 0.15) is 0 Å². The summed E-state index contributed by atoms with van der Waals surface area (Å²) in [5.41, 5.74) is 1.57. The molecule has 0 aliphatic carbocycles. The Morgan fingerprint density at radius 3 is 3.24 bits per heavy atom. The number of methoxy groups -OCH3 is 1. The zero-order valence-electron chi connectivity index (χ0n) is 14.6. The Balaban J connectivity index is 1.58. The Labute approximate surface area is 147 Å². The molecule has 2 aliphatic heterocycles. The minimum absolute atomic E-state index is 0.0701. The van der Waals surface area contributed by atoms with E-state index in [9.17, 15) is 4.79 Å². The van der Waals surface area contributed by atoms with Crippen LogP contribution in [-0.2, 0) is 9.47 Å². The van der Waals surface area contributed by atoms with Crippen LogP contribution in [0, 0.1) is 5.41 Å². The fraction of sp³-hybridized carbons (Fsp3) is 0.500. The summed E-state index contributed by atoms with van der Waals surface area (Å²) in [5.74, 6) is 0.0882. The van der Waals surface area contributed by atoms with Crippen molar-refractivity contribution >= 4 is 16.8 Å². The minimum Gasteiger partial charge on any atom is -0.384 e. The molecule has 132 valence electrons. The first-order valence-electron chi connectivity index (χ1n) is 8.96. The van der Waals surface area contributed by atoms with Gasteiger partial charge in [0.05, 0.1) is 18.2 Å². The molecule has 3 heterocycles. The number of benzene rings is 1. The highest BCUT2D eigenvalue weighted by Crippen LogP contribution is 2.40. The van der Waals surface area contributed by atoms with Gasteiger partial charge in [0, 0.05) is 49.4 Å². The average molecular weight is 340 g/mol. The molecular weight excluding hydrogens is 316 g/mol. The lowest BCUT2D eigenvalue weighted by atomic mass is 9.73. The van der Waals surface area contributed by atoms with E-state index in [2.05, 4.69) is 4.98 Å². The van der Waals surface area contributed by atoms with Gasteiger partial charge in [-0.25, -0.2) is 0 Å². The number of rotatable bonds is 3. The van der Waals surface area contributed by atoms with Crippen LogP contribution in [0.15, 0.2) is 36.5 Å². The van der Waals surface area contributed by atoms with Crippen molar-refractivity contribution in [3.05, 3.63) is 42.1 Å². The Hall–Kier alpha value is -1.98. The molecule has 2 aromatic rings. The van der Waals surface area contributed by atoms with Gasteiger partial charge in [0.25, 0.3) is 5.91 Å². The van der Waals surface area contributed by atoms with Crippen molar-refractivity contribution in [2.75, 3.05) is 33.4 Å². The highest BCUT2D eigenvalue weighted by atomic mass is 16.5. The summed E-state index contributed by atoms with van der Waals surface area (Å²) in [6, 6.07) is 9.63. The van der Waals surface area contributed by atoms with Gasteiger partial charge < -0.3 is 14.4 Å². The number of hydrogen-bond acceptors (Lipinski definition) is 4. The van der Waals surface area contributed by atoms with Gasteiger partial charge in [-0.2, -0.15) is 0 Å². The number of nitrogens with zero attached hydrogens (tertiary/aromatic N) is 2. The normalized spacial score (nSPS) is 26.4. The highest BCUT2D eigenvalue weighted by molar-refractivity contribution is 5.98. The van der Waals surface area contributed by atoms with E-state index < -0.39 is 0 Å². The standard InChI is InChI=1S/C20H24N2O3/c1-24-14-20-8-3-11-25-18(20)7-10-22(13-20)19(23)16-5-6-17-15(12-16)4-2-9-21-17/h2,4-6,9,12,18H,3,7-8,10-11,13-14H2,1H3/t18-,20-/m1/s1. The number of aromatic nitrogens is 1. The van der Waals surface area contributed by atoms with Gasteiger partial charge >= 0.3 is 0 Å². The molecule has 5 nitrogen and oxygen atoms in total. The molecule has 1 amide bonds. The van der Waals surface area contributed by atoms with Crippen molar-refractivity contribution in [1.82, 2.24) is 9.88 Å². The summed E-state index contributed by atoms with van der Waals surface area (Å²) in [4.78, 5) is 19.4. The third-order valence-corrected chi connectivity index (χ3v) is 5.56. The predicted molar refractivity (Wildman–Crippen MR) is 95.5 cm³/mol. The molecule has 2 aliphatic rings. The maximum Gasteiger partial charge on any atom is 0.253 e. The maximum atomic E-state index is 13.1. The lowest BCUT2D eigenvalue weighted by Gasteiger charge is -2.50. The van der Waals surface area contributed by atoms with Gasteiger partial charge in [-0.1, -0.05) is 6.07 Å². The molecule has 0 N–H and O–H groups in total. The van der Waals surface area contributed by atoms with Crippen LogP contribution in [0.3, 0.4) is 0 Å². The molecule has 0 unspecified atom stereocenters. The van der Waals surface area contributed by atoms with Crippen molar-refractivity contribution < 1.29 is 14.3 Å². The summed E-state index contributed by atoms with van der Waals surface area (Å²) in [5, 5.41) is 0.996. The zero-order valence-corrected chi connectivity index (χ0v) is 14.6. The van der Waals surface area contributed by atoms with E-state index >= 15 is 0 Å². The molecule has 0 saturated carbocycles. The van der Waals surface area contributed by atoms with Crippen molar-refractivity contribution in [1.29, 1.82) is 0 Å². The summed E-state index contributed by atoms with van der Waals surface area (Å²) in [7, 11) is 1.73. The molecule has 4 rings (SSSR count). The highest BCUT2D eigenvalue weighted by Gasteiger charge is 2.47. The van der Waals surface area contributed by atoms with E-state index in [1.807, 2.05) is 35.2 Å². The van der Waals surface area contributed by atoms with Crippen LogP contribution in [0.4, 0.5) is 0 Å². The Morgan fingerprint density at radius 2 is 2.36 bits per heavy atom. The topological polar surface area (TPSA) is 51.7 Å². The molecule has 0 radical (unpaired) electrons. The smallest absolute Gasteiger partial charge is 0.253 e. The summed E-state index contributed by atoms with van der Waals surface area (Å²) in [6.45, 7) is 2.90. The van der Waals surface area contributed by atoms with Crippen molar-refractivity contribution in [2.45, 2.75) is 25.4 Å². The van der Waals surface area contributed by atoms with E-state index in [1.54, 1.807) is 13.3 Å². The first kappa shape index (κ1) is 16.5. The molecule has 0 bridgehead atoms. The first-order valence-corrected chi connectivity index (χ1v) is 8.96. The van der Waals surface area contributed by atoms with Crippen LogP contribution >= 0.6 is 0 Å². The number of fused-ring (bicyclic) bond motifs is 2. The molecule has 25 heavy (non-hydrogen) atoms. The SMILES string of the molecule is COC[C@]12CCCO[C@@H]1CCN(C(=O)c1ccc3ncccc3c1)C2. The number of likely N-dealkylation sites (tertiary alicyclic amines) is 1. The first-order chi connectivity index (χ1) is 12.2. The number of ether oxygens (including phenoxy) is 2. The molecule has 0 spiro atoms. The third-order valence-electron chi connectivity index (χ3n) is 5.56. The summed E-state index contributed by atoms with van der Waals surface area (Å²) < 4.78 is 11.5. The van der Waals surface area contributed by atoms with Crippen molar-refractivity contribution in [3.63, 3.8) is 0 Å². The van der Waals surface area contributed by atoms with Crippen LogP contribution in [0.1, 0.15) is 29.6 Å². The molecule has 1 aromatic carbocycles. The Bertz CT molecular complexity index is 774. The fourth-order valence-corrected chi connectivity index (χ4v) is 4.35. The number of hydrogen-bond donors (Lipinski definition) is 0. The molecule has 5 heteroatoms. The van der Waals surface area contributed by atoms with E-state index in [1.165, 1.54) is 0 Å². The molecule has 2 saturated heterocycles. The van der Waals surface area contributed by atoms with E-state index in [-0.39, 0.29) is 17.4 Å². The van der Waals surface area contributed by atoms with Gasteiger partial charge in [-0.15, -0.1) is 0 Å². The number of amides is 1. The summed E-state index contributed by atoms with van der Waals surface area (Å²) >= 11 is 0. The number of pyridine rings is 1. The largest absolute Gasteiger partial charge is 0.384 e. The van der Waals surface area contributed by atoms with Crippen LogP contribution in [0.2, 0.25) is 0 Å². The van der Waals surface area contributed by atoms with Crippen LogP contribution < -0.4 is 0 Å². The second kappa shape index (κ2) is 6.73. The second-order valence-electron chi connectivity index (χ2n) is 7.18. The Kier molecular flexibility index (Phi) is 4.44. The number of carbonyl (C=O) groups is 1. The van der Waals surface area contributed by atoms with Gasteiger partial charge in [0.15, 0.2) is 0 Å². The van der Waals surface area contributed by atoms with E-state index in [0.29, 0.717) is 13.2 Å². The van der Waals surface area contributed by atoms with Crippen LogP contribution in [-0.4, -0.2) is 55.3 Å². The molecule has 2 atom stereocenters. The summed E-state index contributed by atoms with van der Waals surface area (Å²) in [6.07, 6.45) is 4.93. The second-order valence-corrected chi connectivity index (χ2v) is 7.18. The van der Waals surface area contributed by atoms with Crippen molar-refractivity contribution in [3.8, 4) is 0 Å². The number of carbonyl (C=O) groups excluding carboxylic acids is 1. The van der Waals surface area contributed by atoms with Crippen molar-refractivity contribution in [2.24, 2.45) is 5.41 Å². The van der Waals surface area contributed by atoms with Gasteiger partial charge in [-0.3, -0.25) is 9.78 Å². The quantitative estimate of drug-likeness (QED) is 0.862. The van der Waals surface area contributed by atoms with Gasteiger partial charge in [0.2, 0.25) is 0 Å². The van der Waals surface area contributed by atoms with Gasteiger partial charge in [-0.05, 0) is 43.5 Å². The lowest BCUT2D eigenvalue weighted by molar-refractivity contribution is -0.142. The van der Waals surface area contributed by atoms with Crippen LogP contribution in [0.25, 0.3) is 10.9 Å². The van der Waals surface area contributed by atoms with E-state index in [4.69, 9.17) is 9.47 Å². The molecule has 2 fully saturated rings.